The summed E-state index contributed by atoms with van der Waals surface area (Å²) in [7, 11) is 0. The van der Waals surface area contributed by atoms with Gasteiger partial charge >= 0.3 is 0 Å². The van der Waals surface area contributed by atoms with Crippen molar-refractivity contribution >= 4 is 11.8 Å². The summed E-state index contributed by atoms with van der Waals surface area (Å²) < 4.78 is 0. The van der Waals surface area contributed by atoms with Gasteiger partial charge < -0.3 is 16.0 Å². The molecule has 5 nitrogen and oxygen atoms in total. The van der Waals surface area contributed by atoms with Gasteiger partial charge in [0.05, 0.1) is 12.5 Å². The lowest BCUT2D eigenvalue weighted by Gasteiger charge is -2.25. The van der Waals surface area contributed by atoms with E-state index in [0.717, 1.165) is 19.6 Å². The third kappa shape index (κ3) is 3.20. The molecule has 5 heteroatoms. The van der Waals surface area contributed by atoms with E-state index >= 15 is 0 Å². The molecule has 2 amide bonds. The van der Waals surface area contributed by atoms with Crippen molar-refractivity contribution in [3.63, 3.8) is 0 Å². The van der Waals surface area contributed by atoms with Crippen molar-refractivity contribution in [2.75, 3.05) is 26.2 Å². The van der Waals surface area contributed by atoms with Crippen molar-refractivity contribution in [2.24, 2.45) is 11.8 Å². The molecule has 2 fully saturated rings. The molecular formula is C10H17N3O2. The number of hydrogen-bond donors (Lipinski definition) is 3. The summed E-state index contributed by atoms with van der Waals surface area (Å²) in [5, 5.41) is 8.46. The van der Waals surface area contributed by atoms with Gasteiger partial charge in [0.1, 0.15) is 0 Å². The highest BCUT2D eigenvalue weighted by atomic mass is 16.2. The molecule has 1 saturated carbocycles. The normalized spacial score (nSPS) is 20.5. The Labute approximate surface area is 89.0 Å². The highest BCUT2D eigenvalue weighted by Crippen LogP contribution is 2.27. The van der Waals surface area contributed by atoms with E-state index in [4.69, 9.17) is 0 Å². The van der Waals surface area contributed by atoms with Crippen molar-refractivity contribution in [2.45, 2.75) is 12.8 Å². The van der Waals surface area contributed by atoms with E-state index in [1.54, 1.807) is 0 Å². The highest BCUT2D eigenvalue weighted by Gasteiger charge is 2.25. The zero-order valence-corrected chi connectivity index (χ0v) is 8.71. The van der Waals surface area contributed by atoms with Gasteiger partial charge in [0.15, 0.2) is 0 Å². The van der Waals surface area contributed by atoms with Crippen molar-refractivity contribution in [3.05, 3.63) is 0 Å². The molecule has 1 heterocycles. The predicted molar refractivity (Wildman–Crippen MR) is 55.1 cm³/mol. The van der Waals surface area contributed by atoms with Crippen LogP contribution in [0, 0.1) is 11.8 Å². The Balaban J connectivity index is 1.54. The molecule has 2 rings (SSSR count). The van der Waals surface area contributed by atoms with Crippen molar-refractivity contribution in [1.82, 2.24) is 16.0 Å². The molecular weight excluding hydrogens is 194 g/mol. The zero-order valence-electron chi connectivity index (χ0n) is 8.71. The van der Waals surface area contributed by atoms with Crippen LogP contribution in [-0.2, 0) is 9.59 Å². The van der Waals surface area contributed by atoms with Crippen molar-refractivity contribution in [3.8, 4) is 0 Å². The average molecular weight is 211 g/mol. The maximum atomic E-state index is 11.3. The van der Waals surface area contributed by atoms with Gasteiger partial charge in [-0.3, -0.25) is 9.59 Å². The number of carbonyl (C=O) groups excluding carboxylic acids is 2. The monoisotopic (exact) mass is 211 g/mol. The first kappa shape index (κ1) is 10.4. The van der Waals surface area contributed by atoms with Crippen molar-refractivity contribution < 1.29 is 9.59 Å². The lowest BCUT2D eigenvalue weighted by Crippen LogP contribution is -2.52. The average Bonchev–Trinajstić information content (AvgIpc) is 2.92. The summed E-state index contributed by atoms with van der Waals surface area (Å²) in [6.45, 7) is 2.34. The largest absolute Gasteiger partial charge is 0.354 e. The lowest BCUT2D eigenvalue weighted by atomic mass is 10.0. The smallest absolute Gasteiger partial charge is 0.239 e. The molecule has 2 aliphatic rings. The Bertz CT molecular complexity index is 259. The molecule has 0 aromatic carbocycles. The van der Waals surface area contributed by atoms with E-state index < -0.39 is 0 Å². The minimum absolute atomic E-state index is 0.0182. The van der Waals surface area contributed by atoms with E-state index in [0.29, 0.717) is 5.92 Å². The Hall–Kier alpha value is -1.10. The minimum Gasteiger partial charge on any atom is -0.354 e. The van der Waals surface area contributed by atoms with Crippen LogP contribution >= 0.6 is 0 Å². The molecule has 0 aromatic heterocycles. The van der Waals surface area contributed by atoms with E-state index in [1.165, 1.54) is 12.8 Å². The van der Waals surface area contributed by atoms with Gasteiger partial charge in [0.2, 0.25) is 11.8 Å². The van der Waals surface area contributed by atoms with Gasteiger partial charge in [0, 0.05) is 19.6 Å². The Kier molecular flexibility index (Phi) is 3.20. The first-order valence-electron chi connectivity index (χ1n) is 5.51. The third-order valence-electron chi connectivity index (χ3n) is 2.86. The molecule has 84 valence electrons. The van der Waals surface area contributed by atoms with Gasteiger partial charge in [-0.2, -0.15) is 0 Å². The maximum Gasteiger partial charge on any atom is 0.239 e. The first-order chi connectivity index (χ1) is 7.25. The molecule has 0 aromatic rings. The summed E-state index contributed by atoms with van der Waals surface area (Å²) in [4.78, 5) is 22.6. The molecule has 1 aliphatic carbocycles. The minimum atomic E-state index is -0.0810. The van der Waals surface area contributed by atoms with Gasteiger partial charge in [-0.15, -0.1) is 0 Å². The SMILES string of the molecule is O=C(CNC(=O)C1CNC1)NCC1CC1. The number of nitrogens with one attached hydrogen (secondary N) is 3. The molecule has 15 heavy (non-hydrogen) atoms. The molecule has 1 aliphatic heterocycles. The molecule has 0 radical (unpaired) electrons. The zero-order chi connectivity index (χ0) is 10.7. The fourth-order valence-corrected chi connectivity index (χ4v) is 1.43. The van der Waals surface area contributed by atoms with Gasteiger partial charge in [-0.1, -0.05) is 0 Å². The number of rotatable bonds is 5. The van der Waals surface area contributed by atoms with Crippen LogP contribution in [0.15, 0.2) is 0 Å². The third-order valence-corrected chi connectivity index (χ3v) is 2.86. The number of amides is 2. The van der Waals surface area contributed by atoms with E-state index in [2.05, 4.69) is 16.0 Å². The second-order valence-corrected chi connectivity index (χ2v) is 4.32. The summed E-state index contributed by atoms with van der Waals surface area (Å²) in [5.41, 5.74) is 0. The second kappa shape index (κ2) is 4.61. The van der Waals surface area contributed by atoms with Crippen LogP contribution in [0.25, 0.3) is 0 Å². The van der Waals surface area contributed by atoms with Gasteiger partial charge in [0.25, 0.3) is 0 Å². The molecule has 0 unspecified atom stereocenters. The van der Waals surface area contributed by atoms with Crippen LogP contribution in [0.2, 0.25) is 0 Å². The quantitative estimate of drug-likeness (QED) is 0.537. The summed E-state index contributed by atoms with van der Waals surface area (Å²) in [5.74, 6) is 0.638. The fourth-order valence-electron chi connectivity index (χ4n) is 1.43. The molecule has 3 N–H and O–H groups in total. The number of hydrogen-bond acceptors (Lipinski definition) is 3. The lowest BCUT2D eigenvalue weighted by molar-refractivity contribution is -0.129. The van der Waals surface area contributed by atoms with Crippen molar-refractivity contribution in [1.29, 1.82) is 0 Å². The van der Waals surface area contributed by atoms with Crippen LogP contribution in [0.4, 0.5) is 0 Å². The highest BCUT2D eigenvalue weighted by molar-refractivity contribution is 5.86. The van der Waals surface area contributed by atoms with Gasteiger partial charge in [-0.05, 0) is 18.8 Å². The van der Waals surface area contributed by atoms with E-state index in [1.807, 2.05) is 0 Å². The molecule has 0 atom stereocenters. The summed E-state index contributed by atoms with van der Waals surface area (Å²) in [6.07, 6.45) is 2.45. The Morgan fingerprint density at radius 1 is 1.20 bits per heavy atom. The van der Waals surface area contributed by atoms with Crippen LogP contribution in [0.1, 0.15) is 12.8 Å². The Morgan fingerprint density at radius 2 is 1.93 bits per heavy atom. The maximum absolute atomic E-state index is 11.3. The van der Waals surface area contributed by atoms with Crippen LogP contribution in [0.5, 0.6) is 0 Å². The first-order valence-corrected chi connectivity index (χ1v) is 5.51. The summed E-state index contributed by atoms with van der Waals surface area (Å²) in [6, 6.07) is 0. The predicted octanol–water partition coefficient (Wildman–Crippen LogP) is -1.15. The topological polar surface area (TPSA) is 70.2 Å². The van der Waals surface area contributed by atoms with E-state index in [-0.39, 0.29) is 24.3 Å². The molecule has 1 saturated heterocycles. The molecule has 0 bridgehead atoms. The number of carbonyl (C=O) groups is 2. The standard InChI is InChI=1S/C10H17N3O2/c14-9(12-3-7-1-2-7)6-13-10(15)8-4-11-5-8/h7-8,11H,1-6H2,(H,12,14)(H,13,15). The fraction of sp³-hybridized carbons (Fsp3) is 0.800. The van der Waals surface area contributed by atoms with Crippen LogP contribution in [0.3, 0.4) is 0 Å². The second-order valence-electron chi connectivity index (χ2n) is 4.32. The van der Waals surface area contributed by atoms with Crippen LogP contribution < -0.4 is 16.0 Å². The Morgan fingerprint density at radius 3 is 2.47 bits per heavy atom. The summed E-state index contributed by atoms with van der Waals surface area (Å²) >= 11 is 0. The molecule has 0 spiro atoms. The van der Waals surface area contributed by atoms with Gasteiger partial charge in [-0.25, -0.2) is 0 Å². The van der Waals surface area contributed by atoms with E-state index in [9.17, 15) is 9.59 Å². The van der Waals surface area contributed by atoms with Crippen LogP contribution in [-0.4, -0.2) is 38.0 Å².